The minimum absolute atomic E-state index is 0.0317. The number of aliphatic hydroxyl groups is 1. The van der Waals surface area contributed by atoms with E-state index in [4.69, 9.17) is 0 Å². The van der Waals surface area contributed by atoms with Crippen molar-refractivity contribution < 1.29 is 19.1 Å². The van der Waals surface area contributed by atoms with Gasteiger partial charge >= 0.3 is 0 Å². The van der Waals surface area contributed by atoms with E-state index >= 15 is 0 Å². The van der Waals surface area contributed by atoms with Gasteiger partial charge in [0.15, 0.2) is 0 Å². The molecule has 0 saturated carbocycles. The van der Waals surface area contributed by atoms with Gasteiger partial charge in [0.05, 0.1) is 11.6 Å². The minimum atomic E-state index is -0.878. The lowest BCUT2D eigenvalue weighted by Gasteiger charge is -2.25. The average Bonchev–Trinajstić information content (AvgIpc) is 3.00. The quantitative estimate of drug-likeness (QED) is 0.337. The van der Waals surface area contributed by atoms with Gasteiger partial charge in [-0.15, -0.1) is 0 Å². The predicted molar refractivity (Wildman–Crippen MR) is 112 cm³/mol. The van der Waals surface area contributed by atoms with E-state index < -0.39 is 23.5 Å². The molecule has 0 aromatic heterocycles. The van der Waals surface area contributed by atoms with E-state index in [1.54, 1.807) is 54.6 Å². The highest BCUT2D eigenvalue weighted by Gasteiger charge is 2.46. The second-order valence-electron chi connectivity index (χ2n) is 6.56. The molecule has 1 fully saturated rings. The van der Waals surface area contributed by atoms with Crippen LogP contribution >= 0.6 is 15.9 Å². The monoisotopic (exact) mass is 451 g/mol. The van der Waals surface area contributed by atoms with Crippen LogP contribution in [-0.4, -0.2) is 16.8 Å². The van der Waals surface area contributed by atoms with E-state index in [-0.39, 0.29) is 11.3 Å². The summed E-state index contributed by atoms with van der Waals surface area (Å²) in [6.45, 7) is 0. The summed E-state index contributed by atoms with van der Waals surface area (Å²) >= 11 is 3.35. The number of nitrogens with zero attached hydrogens (tertiary/aromatic N) is 1. The van der Waals surface area contributed by atoms with Crippen molar-refractivity contribution in [2.24, 2.45) is 0 Å². The first-order chi connectivity index (χ1) is 14.0. The largest absolute Gasteiger partial charge is 0.507 e. The summed E-state index contributed by atoms with van der Waals surface area (Å²) in [6, 6.07) is 20.1. The Bertz CT molecular complexity index is 1110. The number of Topliss-reactive ketones (excluding diaryl/α,β-unsaturated/α-hetero) is 1. The van der Waals surface area contributed by atoms with E-state index in [9.17, 15) is 19.1 Å². The third-order valence-electron chi connectivity index (χ3n) is 4.78. The Morgan fingerprint density at radius 1 is 0.897 bits per heavy atom. The van der Waals surface area contributed by atoms with Gasteiger partial charge in [-0.05, 0) is 42.0 Å². The first-order valence-corrected chi connectivity index (χ1v) is 9.64. The number of hydrogen-bond donors (Lipinski definition) is 1. The summed E-state index contributed by atoms with van der Waals surface area (Å²) in [4.78, 5) is 27.2. The number of carbonyl (C=O) groups excluding carboxylic acids is 2. The fourth-order valence-corrected chi connectivity index (χ4v) is 3.68. The average molecular weight is 452 g/mol. The van der Waals surface area contributed by atoms with Gasteiger partial charge in [0.2, 0.25) is 0 Å². The Labute approximate surface area is 175 Å². The third kappa shape index (κ3) is 3.47. The van der Waals surface area contributed by atoms with Crippen molar-refractivity contribution in [1.82, 2.24) is 0 Å². The van der Waals surface area contributed by atoms with Gasteiger partial charge in [0, 0.05) is 15.7 Å². The molecule has 1 heterocycles. The molecule has 1 saturated heterocycles. The molecule has 0 aliphatic carbocycles. The van der Waals surface area contributed by atoms with Crippen LogP contribution in [-0.2, 0) is 9.59 Å². The molecule has 1 aliphatic rings. The Balaban J connectivity index is 1.94. The number of rotatable bonds is 3. The molecule has 3 aromatic rings. The van der Waals surface area contributed by atoms with E-state index in [1.165, 1.54) is 29.2 Å². The highest BCUT2D eigenvalue weighted by Crippen LogP contribution is 2.42. The van der Waals surface area contributed by atoms with Gasteiger partial charge in [-0.1, -0.05) is 58.4 Å². The summed E-state index contributed by atoms with van der Waals surface area (Å²) in [5.41, 5.74) is 1.41. The zero-order valence-corrected chi connectivity index (χ0v) is 16.6. The lowest BCUT2D eigenvalue weighted by atomic mass is 9.95. The van der Waals surface area contributed by atoms with Crippen LogP contribution < -0.4 is 4.90 Å². The Hall–Kier alpha value is -3.25. The van der Waals surface area contributed by atoms with Crippen molar-refractivity contribution in [3.63, 3.8) is 0 Å². The first kappa shape index (κ1) is 19.1. The van der Waals surface area contributed by atoms with Crippen LogP contribution in [0.15, 0.2) is 88.9 Å². The number of carbonyl (C=O) groups is 2. The minimum Gasteiger partial charge on any atom is -0.507 e. The molecule has 3 aromatic carbocycles. The van der Waals surface area contributed by atoms with Gasteiger partial charge in [-0.2, -0.15) is 0 Å². The molecule has 6 heteroatoms. The zero-order valence-electron chi connectivity index (χ0n) is 15.0. The topological polar surface area (TPSA) is 57.6 Å². The third-order valence-corrected chi connectivity index (χ3v) is 5.31. The molecule has 1 amide bonds. The second kappa shape index (κ2) is 7.64. The van der Waals surface area contributed by atoms with Gasteiger partial charge in [-0.3, -0.25) is 14.5 Å². The van der Waals surface area contributed by atoms with Gasteiger partial charge in [0.25, 0.3) is 11.7 Å². The zero-order chi connectivity index (χ0) is 20.5. The molecule has 0 spiro atoms. The molecule has 29 heavy (non-hydrogen) atoms. The maximum atomic E-state index is 13.5. The van der Waals surface area contributed by atoms with E-state index in [0.29, 0.717) is 16.8 Å². The molecular weight excluding hydrogens is 437 g/mol. The highest BCUT2D eigenvalue weighted by molar-refractivity contribution is 9.10. The van der Waals surface area contributed by atoms with Crippen molar-refractivity contribution in [2.45, 2.75) is 6.04 Å². The Morgan fingerprint density at radius 3 is 2.14 bits per heavy atom. The predicted octanol–water partition coefficient (Wildman–Crippen LogP) is 5.21. The van der Waals surface area contributed by atoms with Crippen LogP contribution in [0, 0.1) is 5.82 Å². The fraction of sp³-hybridized carbons (Fsp3) is 0.0435. The van der Waals surface area contributed by atoms with Crippen LogP contribution in [0.5, 0.6) is 0 Å². The van der Waals surface area contributed by atoms with Gasteiger partial charge < -0.3 is 5.11 Å². The molecule has 4 rings (SSSR count). The summed E-state index contributed by atoms with van der Waals surface area (Å²) in [5, 5.41) is 10.9. The molecule has 0 bridgehead atoms. The lowest BCUT2D eigenvalue weighted by Crippen LogP contribution is -2.29. The summed E-state index contributed by atoms with van der Waals surface area (Å²) in [7, 11) is 0. The van der Waals surface area contributed by atoms with Crippen molar-refractivity contribution in [3.8, 4) is 0 Å². The number of amides is 1. The SMILES string of the molecule is O=C1C(=O)N(c2ccc(Br)cc2)[C@@H](c2ccc(F)cc2)/C1=C(\O)c1ccccc1. The molecule has 1 atom stereocenters. The maximum absolute atomic E-state index is 13.5. The number of hydrogen-bond acceptors (Lipinski definition) is 3. The van der Waals surface area contributed by atoms with Crippen LogP contribution in [0.3, 0.4) is 0 Å². The number of ketones is 1. The second-order valence-corrected chi connectivity index (χ2v) is 7.48. The van der Waals surface area contributed by atoms with Crippen LogP contribution in [0.25, 0.3) is 5.76 Å². The molecule has 4 nitrogen and oxygen atoms in total. The molecule has 1 aliphatic heterocycles. The Morgan fingerprint density at radius 2 is 1.52 bits per heavy atom. The van der Waals surface area contributed by atoms with E-state index in [0.717, 1.165) is 4.47 Å². The Kier molecular flexibility index (Phi) is 5.03. The summed E-state index contributed by atoms with van der Waals surface area (Å²) in [5.74, 6) is -2.24. The van der Waals surface area contributed by atoms with Crippen molar-refractivity contribution >= 4 is 39.1 Å². The number of halogens is 2. The number of aliphatic hydroxyl groups excluding tert-OH is 1. The number of anilines is 1. The van der Waals surface area contributed by atoms with Crippen molar-refractivity contribution in [2.75, 3.05) is 4.90 Å². The van der Waals surface area contributed by atoms with E-state index in [1.807, 2.05) is 0 Å². The normalized spacial score (nSPS) is 18.3. The molecule has 0 radical (unpaired) electrons. The molecular formula is C23H15BrFNO3. The molecule has 1 N–H and O–H groups in total. The van der Waals surface area contributed by atoms with Crippen molar-refractivity contribution in [1.29, 1.82) is 0 Å². The smallest absolute Gasteiger partial charge is 0.300 e. The molecule has 0 unspecified atom stereocenters. The first-order valence-electron chi connectivity index (χ1n) is 8.85. The van der Waals surface area contributed by atoms with E-state index in [2.05, 4.69) is 15.9 Å². The summed E-state index contributed by atoms with van der Waals surface area (Å²) in [6.07, 6.45) is 0. The van der Waals surface area contributed by atoms with Gasteiger partial charge in [0.1, 0.15) is 11.6 Å². The fourth-order valence-electron chi connectivity index (χ4n) is 3.41. The number of benzene rings is 3. The van der Waals surface area contributed by atoms with Crippen molar-refractivity contribution in [3.05, 3.63) is 106 Å². The van der Waals surface area contributed by atoms with Crippen LogP contribution in [0.1, 0.15) is 17.2 Å². The van der Waals surface area contributed by atoms with Gasteiger partial charge in [-0.25, -0.2) is 4.39 Å². The maximum Gasteiger partial charge on any atom is 0.300 e. The standard InChI is InChI=1S/C23H15BrFNO3/c24-16-8-12-18(13-9-16)26-20(14-6-10-17(25)11-7-14)19(22(28)23(26)29)21(27)15-4-2-1-3-5-15/h1-13,20,27H/b21-19+/t20-/m0/s1. The lowest BCUT2D eigenvalue weighted by molar-refractivity contribution is -0.132. The highest BCUT2D eigenvalue weighted by atomic mass is 79.9. The molecule has 144 valence electrons. The van der Waals surface area contributed by atoms with Crippen LogP contribution in [0.2, 0.25) is 0 Å². The van der Waals surface area contributed by atoms with Crippen LogP contribution in [0.4, 0.5) is 10.1 Å². The summed E-state index contributed by atoms with van der Waals surface area (Å²) < 4.78 is 14.3.